The van der Waals surface area contributed by atoms with Crippen LogP contribution < -0.4 is 10.1 Å². The Morgan fingerprint density at radius 1 is 1.18 bits per heavy atom. The van der Waals surface area contributed by atoms with Gasteiger partial charge in [-0.3, -0.25) is 4.79 Å². The molecule has 1 rings (SSSR count). The number of nitrogens with one attached hydrogen (secondary N) is 1. The lowest BCUT2D eigenvalue weighted by atomic mass is 10.3. The zero-order valence-electron chi connectivity index (χ0n) is 12.8. The van der Waals surface area contributed by atoms with Crippen LogP contribution in [0.5, 0.6) is 5.75 Å². The Morgan fingerprint density at radius 2 is 1.82 bits per heavy atom. The molecule has 0 aliphatic rings. The van der Waals surface area contributed by atoms with Crippen molar-refractivity contribution in [3.8, 4) is 5.75 Å². The molecule has 0 spiro atoms. The SMILES string of the molecule is COCCNC(=O)[C@@H](C)OC(=O)[C@H](C)Oc1ccc(F)cc1. The van der Waals surface area contributed by atoms with Gasteiger partial charge in [0, 0.05) is 13.7 Å². The molecule has 0 heterocycles. The largest absolute Gasteiger partial charge is 0.479 e. The third-order valence-electron chi connectivity index (χ3n) is 2.73. The monoisotopic (exact) mass is 313 g/mol. The minimum Gasteiger partial charge on any atom is -0.479 e. The van der Waals surface area contributed by atoms with Crippen LogP contribution in [-0.2, 0) is 19.1 Å². The van der Waals surface area contributed by atoms with Crippen molar-refractivity contribution in [3.05, 3.63) is 30.1 Å². The number of halogens is 1. The van der Waals surface area contributed by atoms with E-state index in [0.29, 0.717) is 18.9 Å². The van der Waals surface area contributed by atoms with E-state index >= 15 is 0 Å². The molecular formula is C15H20FNO5. The van der Waals surface area contributed by atoms with Gasteiger partial charge >= 0.3 is 5.97 Å². The molecule has 1 aromatic rings. The van der Waals surface area contributed by atoms with E-state index in [1.54, 1.807) is 0 Å². The van der Waals surface area contributed by atoms with E-state index in [9.17, 15) is 14.0 Å². The second-order valence-electron chi connectivity index (χ2n) is 4.58. The maximum atomic E-state index is 12.8. The van der Waals surface area contributed by atoms with E-state index in [1.807, 2.05) is 0 Å². The third-order valence-corrected chi connectivity index (χ3v) is 2.73. The molecule has 0 bridgehead atoms. The zero-order chi connectivity index (χ0) is 16.5. The molecule has 7 heteroatoms. The predicted octanol–water partition coefficient (Wildman–Crippen LogP) is 1.29. The number of ether oxygens (including phenoxy) is 3. The molecule has 0 aliphatic heterocycles. The van der Waals surface area contributed by atoms with Crippen molar-refractivity contribution in [2.45, 2.75) is 26.1 Å². The van der Waals surface area contributed by atoms with Gasteiger partial charge in [0.1, 0.15) is 11.6 Å². The quantitative estimate of drug-likeness (QED) is 0.578. The van der Waals surface area contributed by atoms with E-state index in [2.05, 4.69) is 5.32 Å². The molecule has 1 aromatic carbocycles. The molecule has 22 heavy (non-hydrogen) atoms. The molecule has 0 fully saturated rings. The van der Waals surface area contributed by atoms with Crippen LogP contribution >= 0.6 is 0 Å². The van der Waals surface area contributed by atoms with Crippen LogP contribution in [0.1, 0.15) is 13.8 Å². The first-order valence-corrected chi connectivity index (χ1v) is 6.83. The van der Waals surface area contributed by atoms with Crippen molar-refractivity contribution in [3.63, 3.8) is 0 Å². The van der Waals surface area contributed by atoms with E-state index in [1.165, 1.54) is 45.2 Å². The van der Waals surface area contributed by atoms with E-state index in [-0.39, 0.29) is 0 Å². The van der Waals surface area contributed by atoms with Gasteiger partial charge in [0.2, 0.25) is 0 Å². The lowest BCUT2D eigenvalue weighted by Gasteiger charge is -2.17. The average Bonchev–Trinajstić information content (AvgIpc) is 2.49. The fourth-order valence-corrected chi connectivity index (χ4v) is 1.51. The van der Waals surface area contributed by atoms with Gasteiger partial charge in [-0.25, -0.2) is 9.18 Å². The number of esters is 1. The molecule has 0 aliphatic carbocycles. The lowest BCUT2D eigenvalue weighted by Crippen LogP contribution is -2.39. The fourth-order valence-electron chi connectivity index (χ4n) is 1.51. The van der Waals surface area contributed by atoms with Crippen LogP contribution in [0.15, 0.2) is 24.3 Å². The standard InChI is InChI=1S/C15H20FNO5/c1-10(14(18)17-8-9-20-3)22-15(19)11(2)21-13-6-4-12(16)5-7-13/h4-7,10-11H,8-9H2,1-3H3,(H,17,18)/t10-,11+/m1/s1. The molecule has 2 atom stereocenters. The number of methoxy groups -OCH3 is 1. The Morgan fingerprint density at radius 3 is 2.41 bits per heavy atom. The number of hydrogen-bond donors (Lipinski definition) is 1. The van der Waals surface area contributed by atoms with Crippen LogP contribution in [-0.4, -0.2) is 44.3 Å². The smallest absolute Gasteiger partial charge is 0.347 e. The molecule has 1 N–H and O–H groups in total. The molecule has 0 unspecified atom stereocenters. The van der Waals surface area contributed by atoms with Crippen LogP contribution in [0.4, 0.5) is 4.39 Å². The molecule has 1 amide bonds. The summed E-state index contributed by atoms with van der Waals surface area (Å²) in [5.74, 6) is -1.16. The van der Waals surface area contributed by atoms with Crippen molar-refractivity contribution >= 4 is 11.9 Å². The Kier molecular flexibility index (Phi) is 7.31. The molecule has 0 aromatic heterocycles. The second-order valence-corrected chi connectivity index (χ2v) is 4.58. The van der Waals surface area contributed by atoms with E-state index in [0.717, 1.165) is 0 Å². The first-order chi connectivity index (χ1) is 10.4. The van der Waals surface area contributed by atoms with Crippen LogP contribution in [0.25, 0.3) is 0 Å². The first-order valence-electron chi connectivity index (χ1n) is 6.83. The van der Waals surface area contributed by atoms with Gasteiger partial charge in [0.25, 0.3) is 5.91 Å². The predicted molar refractivity (Wildman–Crippen MR) is 76.9 cm³/mol. The maximum absolute atomic E-state index is 12.8. The molecule has 122 valence electrons. The van der Waals surface area contributed by atoms with E-state index in [4.69, 9.17) is 14.2 Å². The molecule has 0 saturated heterocycles. The summed E-state index contributed by atoms with van der Waals surface area (Å²) in [6, 6.07) is 5.25. The number of amides is 1. The summed E-state index contributed by atoms with van der Waals surface area (Å²) in [5.41, 5.74) is 0. The number of carbonyl (C=O) groups excluding carboxylic acids is 2. The number of carbonyl (C=O) groups is 2. The topological polar surface area (TPSA) is 73.9 Å². The number of hydrogen-bond acceptors (Lipinski definition) is 5. The summed E-state index contributed by atoms with van der Waals surface area (Å²) in [4.78, 5) is 23.5. The van der Waals surface area contributed by atoms with Gasteiger partial charge in [0.05, 0.1) is 6.61 Å². The average molecular weight is 313 g/mol. The normalized spacial score (nSPS) is 13.1. The van der Waals surface area contributed by atoms with Crippen LogP contribution in [0.2, 0.25) is 0 Å². The highest BCUT2D eigenvalue weighted by atomic mass is 19.1. The van der Waals surface area contributed by atoms with Crippen molar-refractivity contribution < 1.29 is 28.2 Å². The van der Waals surface area contributed by atoms with Gasteiger partial charge in [-0.1, -0.05) is 0 Å². The van der Waals surface area contributed by atoms with E-state index < -0.39 is 29.9 Å². The summed E-state index contributed by atoms with van der Waals surface area (Å²) in [5, 5.41) is 2.56. The summed E-state index contributed by atoms with van der Waals surface area (Å²) in [6.45, 7) is 3.65. The number of rotatable bonds is 8. The van der Waals surface area contributed by atoms with Gasteiger partial charge in [-0.15, -0.1) is 0 Å². The highest BCUT2D eigenvalue weighted by molar-refractivity contribution is 5.84. The maximum Gasteiger partial charge on any atom is 0.347 e. The zero-order valence-corrected chi connectivity index (χ0v) is 12.8. The lowest BCUT2D eigenvalue weighted by molar-refractivity contribution is -0.160. The summed E-state index contributed by atoms with van der Waals surface area (Å²) in [7, 11) is 1.52. The molecular weight excluding hydrogens is 293 g/mol. The van der Waals surface area contributed by atoms with Gasteiger partial charge < -0.3 is 19.5 Å². The first kappa shape index (κ1) is 17.9. The molecule has 0 radical (unpaired) electrons. The second kappa shape index (κ2) is 8.99. The fraction of sp³-hybridized carbons (Fsp3) is 0.467. The minimum atomic E-state index is -0.941. The Balaban J connectivity index is 2.42. The van der Waals surface area contributed by atoms with Crippen molar-refractivity contribution in [2.24, 2.45) is 0 Å². The number of benzene rings is 1. The van der Waals surface area contributed by atoms with Crippen molar-refractivity contribution in [2.75, 3.05) is 20.3 Å². The summed E-state index contributed by atoms with van der Waals surface area (Å²) < 4.78 is 27.9. The highest BCUT2D eigenvalue weighted by Gasteiger charge is 2.22. The third kappa shape index (κ3) is 6.09. The molecule has 6 nitrogen and oxygen atoms in total. The van der Waals surface area contributed by atoms with Gasteiger partial charge in [0.15, 0.2) is 12.2 Å². The van der Waals surface area contributed by atoms with Crippen LogP contribution in [0.3, 0.4) is 0 Å². The van der Waals surface area contributed by atoms with Gasteiger partial charge in [-0.05, 0) is 38.1 Å². The Hall–Kier alpha value is -2.15. The van der Waals surface area contributed by atoms with Gasteiger partial charge in [-0.2, -0.15) is 0 Å². The van der Waals surface area contributed by atoms with Crippen molar-refractivity contribution in [1.82, 2.24) is 5.32 Å². The summed E-state index contributed by atoms with van der Waals surface area (Å²) in [6.07, 6.45) is -1.86. The highest BCUT2D eigenvalue weighted by Crippen LogP contribution is 2.13. The van der Waals surface area contributed by atoms with Crippen molar-refractivity contribution in [1.29, 1.82) is 0 Å². The Bertz CT molecular complexity index is 491. The molecule has 0 saturated carbocycles. The Labute approximate surface area is 128 Å². The van der Waals surface area contributed by atoms with Crippen LogP contribution in [0, 0.1) is 5.82 Å². The minimum absolute atomic E-state index is 0.332. The summed E-state index contributed by atoms with van der Waals surface area (Å²) >= 11 is 0.